The minimum Gasteiger partial charge on any atom is -0.480 e. The third-order valence-corrected chi connectivity index (χ3v) is 2.90. The molecule has 0 aromatic heterocycles. The second-order valence-electron chi connectivity index (χ2n) is 4.23. The highest BCUT2D eigenvalue weighted by molar-refractivity contribution is 5.85. The second-order valence-corrected chi connectivity index (χ2v) is 4.23. The molecule has 1 aliphatic rings. The number of hydrogen-bond acceptors (Lipinski definition) is 2. The molecule has 1 aromatic carbocycles. The molecular formula is C12H11F2NO3. The minimum atomic E-state index is -1.13. The first-order valence-electron chi connectivity index (χ1n) is 5.43. The van der Waals surface area contributed by atoms with E-state index in [4.69, 9.17) is 5.11 Å². The molecule has 0 unspecified atom stereocenters. The van der Waals surface area contributed by atoms with E-state index in [1.807, 2.05) is 0 Å². The van der Waals surface area contributed by atoms with E-state index in [1.165, 1.54) is 6.07 Å². The largest absolute Gasteiger partial charge is 0.480 e. The number of halogens is 2. The number of carbonyl (C=O) groups excluding carboxylic acids is 1. The van der Waals surface area contributed by atoms with Gasteiger partial charge in [0.15, 0.2) is 0 Å². The Hall–Kier alpha value is -1.98. The predicted octanol–water partition coefficient (Wildman–Crippen LogP) is 1.27. The first kappa shape index (κ1) is 12.5. The molecule has 0 heterocycles. The van der Waals surface area contributed by atoms with Crippen LogP contribution in [0.3, 0.4) is 0 Å². The zero-order valence-electron chi connectivity index (χ0n) is 9.32. The van der Waals surface area contributed by atoms with Crippen molar-refractivity contribution < 1.29 is 23.5 Å². The molecule has 0 spiro atoms. The molecular weight excluding hydrogens is 244 g/mol. The van der Waals surface area contributed by atoms with Crippen molar-refractivity contribution >= 4 is 11.9 Å². The van der Waals surface area contributed by atoms with Gasteiger partial charge in [-0.2, -0.15) is 0 Å². The summed E-state index contributed by atoms with van der Waals surface area (Å²) < 4.78 is 26.1. The first-order valence-corrected chi connectivity index (χ1v) is 5.43. The van der Waals surface area contributed by atoms with Gasteiger partial charge in [0.2, 0.25) is 5.91 Å². The van der Waals surface area contributed by atoms with E-state index < -0.39 is 36.0 Å². The van der Waals surface area contributed by atoms with Gasteiger partial charge in [-0.3, -0.25) is 9.59 Å². The molecule has 6 heteroatoms. The number of aliphatic carboxylic acids is 1. The van der Waals surface area contributed by atoms with Gasteiger partial charge in [0.1, 0.15) is 18.2 Å². The van der Waals surface area contributed by atoms with Crippen LogP contribution in [-0.2, 0) is 9.59 Å². The van der Waals surface area contributed by atoms with Gasteiger partial charge in [-0.25, -0.2) is 8.78 Å². The molecule has 0 saturated heterocycles. The highest BCUT2D eigenvalue weighted by Crippen LogP contribution is 2.48. The van der Waals surface area contributed by atoms with E-state index in [1.54, 1.807) is 0 Å². The number of benzene rings is 1. The van der Waals surface area contributed by atoms with Gasteiger partial charge in [0, 0.05) is 12.0 Å². The topological polar surface area (TPSA) is 66.4 Å². The molecule has 1 aromatic rings. The number of hydrogen-bond donors (Lipinski definition) is 2. The number of rotatable bonds is 4. The van der Waals surface area contributed by atoms with Crippen molar-refractivity contribution in [3.63, 3.8) is 0 Å². The Bertz CT molecular complexity index is 504. The van der Waals surface area contributed by atoms with E-state index in [9.17, 15) is 18.4 Å². The summed E-state index contributed by atoms with van der Waals surface area (Å²) in [6, 6.07) is 3.24. The maximum Gasteiger partial charge on any atom is 0.322 e. The molecule has 0 aliphatic heterocycles. The van der Waals surface area contributed by atoms with Crippen molar-refractivity contribution in [2.24, 2.45) is 5.92 Å². The van der Waals surface area contributed by atoms with Crippen molar-refractivity contribution in [3.8, 4) is 0 Å². The standard InChI is InChI=1S/C12H11F2NO3/c13-6-1-2-7(10(14)3-6)8-4-9(8)12(18)15-5-11(16)17/h1-3,8-9H,4-5H2,(H,15,18)(H,16,17)/t8-,9-/m0/s1. The maximum atomic E-state index is 13.4. The molecule has 0 bridgehead atoms. The van der Waals surface area contributed by atoms with Crippen molar-refractivity contribution in [3.05, 3.63) is 35.4 Å². The lowest BCUT2D eigenvalue weighted by Gasteiger charge is -2.03. The summed E-state index contributed by atoms with van der Waals surface area (Å²) >= 11 is 0. The highest BCUT2D eigenvalue weighted by atomic mass is 19.1. The molecule has 4 nitrogen and oxygen atoms in total. The lowest BCUT2D eigenvalue weighted by atomic mass is 10.1. The van der Waals surface area contributed by atoms with Crippen LogP contribution in [0.1, 0.15) is 17.9 Å². The van der Waals surface area contributed by atoms with Crippen molar-refractivity contribution in [1.82, 2.24) is 5.32 Å². The van der Waals surface area contributed by atoms with E-state index in [0.717, 1.165) is 12.1 Å². The summed E-state index contributed by atoms with van der Waals surface area (Å²) in [6.45, 7) is -0.450. The van der Waals surface area contributed by atoms with Crippen LogP contribution in [-0.4, -0.2) is 23.5 Å². The molecule has 96 valence electrons. The summed E-state index contributed by atoms with van der Waals surface area (Å²) in [4.78, 5) is 21.8. The third kappa shape index (κ3) is 2.64. The fourth-order valence-electron chi connectivity index (χ4n) is 1.92. The number of nitrogens with one attached hydrogen (secondary N) is 1. The van der Waals surface area contributed by atoms with Gasteiger partial charge in [0.05, 0.1) is 0 Å². The Kier molecular flexibility index (Phi) is 3.27. The van der Waals surface area contributed by atoms with Crippen molar-refractivity contribution in [2.45, 2.75) is 12.3 Å². The normalized spacial score (nSPS) is 21.4. The fraction of sp³-hybridized carbons (Fsp3) is 0.333. The molecule has 1 saturated carbocycles. The van der Waals surface area contributed by atoms with E-state index >= 15 is 0 Å². The number of carboxylic acids is 1. The molecule has 2 atom stereocenters. The fourth-order valence-corrected chi connectivity index (χ4v) is 1.92. The molecule has 18 heavy (non-hydrogen) atoms. The van der Waals surface area contributed by atoms with Crippen LogP contribution in [0.25, 0.3) is 0 Å². The smallest absolute Gasteiger partial charge is 0.322 e. The van der Waals surface area contributed by atoms with Crippen molar-refractivity contribution in [1.29, 1.82) is 0 Å². The highest BCUT2D eigenvalue weighted by Gasteiger charge is 2.45. The van der Waals surface area contributed by atoms with E-state index in [0.29, 0.717) is 12.0 Å². The molecule has 0 radical (unpaired) electrons. The Morgan fingerprint density at radius 3 is 2.72 bits per heavy atom. The maximum absolute atomic E-state index is 13.4. The Morgan fingerprint density at radius 2 is 2.11 bits per heavy atom. The average molecular weight is 255 g/mol. The second kappa shape index (κ2) is 4.72. The van der Waals surface area contributed by atoms with Gasteiger partial charge < -0.3 is 10.4 Å². The van der Waals surface area contributed by atoms with Gasteiger partial charge in [0.25, 0.3) is 0 Å². The summed E-state index contributed by atoms with van der Waals surface area (Å²) in [5.41, 5.74) is 0.298. The number of carboxylic acid groups (broad SMARTS) is 1. The molecule has 1 amide bonds. The van der Waals surface area contributed by atoms with Crippen LogP contribution >= 0.6 is 0 Å². The summed E-state index contributed by atoms with van der Waals surface area (Å²) in [7, 11) is 0. The Labute approximate surface area is 102 Å². The number of carbonyl (C=O) groups is 2. The number of amides is 1. The summed E-state index contributed by atoms with van der Waals surface area (Å²) in [6.07, 6.45) is 0.452. The monoisotopic (exact) mass is 255 g/mol. The van der Waals surface area contributed by atoms with Crippen molar-refractivity contribution in [2.75, 3.05) is 6.54 Å². The van der Waals surface area contributed by atoms with Crippen LogP contribution in [0, 0.1) is 17.6 Å². The van der Waals surface area contributed by atoms with Gasteiger partial charge >= 0.3 is 5.97 Å². The van der Waals surface area contributed by atoms with Crippen LogP contribution in [0.5, 0.6) is 0 Å². The summed E-state index contributed by atoms with van der Waals surface area (Å²) in [5.74, 6) is -3.60. The zero-order valence-corrected chi connectivity index (χ0v) is 9.32. The average Bonchev–Trinajstić information content (AvgIpc) is 3.05. The molecule has 2 rings (SSSR count). The van der Waals surface area contributed by atoms with Crippen LogP contribution in [0.4, 0.5) is 8.78 Å². The predicted molar refractivity (Wildman–Crippen MR) is 57.9 cm³/mol. The lowest BCUT2D eigenvalue weighted by Crippen LogP contribution is -2.30. The third-order valence-electron chi connectivity index (χ3n) is 2.90. The van der Waals surface area contributed by atoms with Gasteiger partial charge in [-0.15, -0.1) is 0 Å². The molecule has 1 fully saturated rings. The van der Waals surface area contributed by atoms with E-state index in [-0.39, 0.29) is 5.92 Å². The van der Waals surface area contributed by atoms with Gasteiger partial charge in [-0.05, 0) is 24.0 Å². The van der Waals surface area contributed by atoms with Crippen LogP contribution in [0.2, 0.25) is 0 Å². The van der Waals surface area contributed by atoms with Crippen LogP contribution in [0.15, 0.2) is 18.2 Å². The minimum absolute atomic E-state index is 0.292. The van der Waals surface area contributed by atoms with E-state index in [2.05, 4.69) is 5.32 Å². The Balaban J connectivity index is 1.98. The quantitative estimate of drug-likeness (QED) is 0.851. The van der Waals surface area contributed by atoms with Gasteiger partial charge in [-0.1, -0.05) is 6.07 Å². The lowest BCUT2D eigenvalue weighted by molar-refractivity contribution is -0.138. The van der Waals surface area contributed by atoms with Crippen LogP contribution < -0.4 is 5.32 Å². The summed E-state index contributed by atoms with van der Waals surface area (Å²) in [5, 5.41) is 10.6. The zero-order chi connectivity index (χ0) is 13.3. The Morgan fingerprint density at radius 1 is 1.39 bits per heavy atom. The molecule has 2 N–H and O–H groups in total. The first-order chi connectivity index (χ1) is 8.49. The SMILES string of the molecule is O=C(O)CNC(=O)[C@H]1C[C@H]1c1ccc(F)cc1F. The molecule has 1 aliphatic carbocycles.